The molecular weight excluding hydrogens is 280 g/mol. The Balaban J connectivity index is 2.17. The van der Waals surface area contributed by atoms with Crippen LogP contribution in [0.3, 0.4) is 0 Å². The maximum Gasteiger partial charge on any atom is 0.317 e. The average Bonchev–Trinajstić information content (AvgIpc) is 2.44. The van der Waals surface area contributed by atoms with Gasteiger partial charge >= 0.3 is 5.97 Å². The standard InChI is InChI=1S/C18H20O2S/c1-12-5-8-16(9-6-12)21-17(18(19)20)11-15-10-13(2)4-7-14(15)3/h4-10,17H,11H2,1-3H3,(H,19,20)/t17-/m1/s1. The molecule has 0 aromatic heterocycles. The Hall–Kier alpha value is -1.74. The fourth-order valence-corrected chi connectivity index (χ4v) is 3.17. The highest BCUT2D eigenvalue weighted by Gasteiger charge is 2.20. The van der Waals surface area contributed by atoms with Crippen LogP contribution < -0.4 is 0 Å². The first-order chi connectivity index (χ1) is 9.95. The molecule has 1 atom stereocenters. The summed E-state index contributed by atoms with van der Waals surface area (Å²) in [4.78, 5) is 12.5. The van der Waals surface area contributed by atoms with Gasteiger partial charge in [0.1, 0.15) is 5.25 Å². The van der Waals surface area contributed by atoms with Gasteiger partial charge in [-0.05, 0) is 50.5 Å². The van der Waals surface area contributed by atoms with E-state index < -0.39 is 11.2 Å². The molecule has 2 nitrogen and oxygen atoms in total. The van der Waals surface area contributed by atoms with Gasteiger partial charge in [-0.25, -0.2) is 0 Å². The molecule has 0 unspecified atom stereocenters. The van der Waals surface area contributed by atoms with Crippen molar-refractivity contribution in [1.29, 1.82) is 0 Å². The van der Waals surface area contributed by atoms with Crippen LogP contribution in [0.15, 0.2) is 47.4 Å². The summed E-state index contributed by atoms with van der Waals surface area (Å²) in [5.41, 5.74) is 4.61. The largest absolute Gasteiger partial charge is 0.480 e. The lowest BCUT2D eigenvalue weighted by atomic mass is 10.0. The number of benzene rings is 2. The quantitative estimate of drug-likeness (QED) is 0.832. The molecule has 3 heteroatoms. The number of thioether (sulfide) groups is 1. The number of carbonyl (C=O) groups is 1. The van der Waals surface area contributed by atoms with E-state index in [1.807, 2.05) is 45.0 Å². The predicted molar refractivity (Wildman–Crippen MR) is 88.1 cm³/mol. The fraction of sp³-hybridized carbons (Fsp3) is 0.278. The van der Waals surface area contributed by atoms with Crippen molar-refractivity contribution < 1.29 is 9.90 Å². The molecule has 0 spiro atoms. The van der Waals surface area contributed by atoms with E-state index in [1.54, 1.807) is 0 Å². The maximum atomic E-state index is 11.6. The maximum absolute atomic E-state index is 11.6. The second-order valence-corrected chi connectivity index (χ2v) is 6.67. The first-order valence-corrected chi connectivity index (χ1v) is 7.86. The molecule has 0 radical (unpaired) electrons. The zero-order chi connectivity index (χ0) is 15.4. The molecule has 0 aliphatic rings. The molecule has 2 aromatic carbocycles. The molecule has 0 fully saturated rings. The first kappa shape index (κ1) is 15.6. The van der Waals surface area contributed by atoms with Crippen molar-refractivity contribution in [3.05, 3.63) is 64.7 Å². The van der Waals surface area contributed by atoms with Gasteiger partial charge < -0.3 is 5.11 Å². The number of carboxylic acid groups (broad SMARTS) is 1. The lowest BCUT2D eigenvalue weighted by Gasteiger charge is -2.14. The Labute approximate surface area is 130 Å². The Bertz CT molecular complexity index is 632. The van der Waals surface area contributed by atoms with Crippen LogP contribution in [-0.2, 0) is 11.2 Å². The Morgan fingerprint density at radius 1 is 1.05 bits per heavy atom. The minimum absolute atomic E-state index is 0.465. The molecule has 1 N–H and O–H groups in total. The van der Waals surface area contributed by atoms with Crippen LogP contribution >= 0.6 is 11.8 Å². The third kappa shape index (κ3) is 4.36. The monoisotopic (exact) mass is 300 g/mol. The molecule has 0 heterocycles. The van der Waals surface area contributed by atoms with Crippen molar-refractivity contribution in [2.24, 2.45) is 0 Å². The third-order valence-electron chi connectivity index (χ3n) is 3.48. The number of hydrogen-bond donors (Lipinski definition) is 1. The van der Waals surface area contributed by atoms with Gasteiger partial charge in [0.2, 0.25) is 0 Å². The van der Waals surface area contributed by atoms with Crippen molar-refractivity contribution in [1.82, 2.24) is 0 Å². The normalized spacial score (nSPS) is 12.1. The number of hydrogen-bond acceptors (Lipinski definition) is 2. The first-order valence-electron chi connectivity index (χ1n) is 6.98. The minimum Gasteiger partial charge on any atom is -0.480 e. The van der Waals surface area contributed by atoms with Crippen molar-refractivity contribution in [3.8, 4) is 0 Å². The van der Waals surface area contributed by atoms with Crippen LogP contribution in [0.2, 0.25) is 0 Å². The smallest absolute Gasteiger partial charge is 0.317 e. The highest BCUT2D eigenvalue weighted by molar-refractivity contribution is 8.00. The van der Waals surface area contributed by atoms with Gasteiger partial charge in [0.05, 0.1) is 0 Å². The highest BCUT2D eigenvalue weighted by atomic mass is 32.2. The van der Waals surface area contributed by atoms with Crippen LogP contribution in [0.4, 0.5) is 0 Å². The molecule has 21 heavy (non-hydrogen) atoms. The van der Waals surface area contributed by atoms with Crippen molar-refractivity contribution in [3.63, 3.8) is 0 Å². The van der Waals surface area contributed by atoms with Gasteiger partial charge in [0.25, 0.3) is 0 Å². The van der Waals surface area contributed by atoms with Crippen molar-refractivity contribution in [2.75, 3.05) is 0 Å². The summed E-state index contributed by atoms with van der Waals surface area (Å²) < 4.78 is 0. The van der Waals surface area contributed by atoms with Gasteiger partial charge in [-0.15, -0.1) is 11.8 Å². The number of aryl methyl sites for hydroxylation is 3. The van der Waals surface area contributed by atoms with E-state index in [4.69, 9.17) is 0 Å². The molecule has 0 aliphatic carbocycles. The molecular formula is C18H20O2S. The van der Waals surface area contributed by atoms with Gasteiger partial charge in [0, 0.05) is 4.90 Å². The summed E-state index contributed by atoms with van der Waals surface area (Å²) in [6, 6.07) is 14.2. The van der Waals surface area contributed by atoms with Crippen LogP contribution in [0.1, 0.15) is 22.3 Å². The lowest BCUT2D eigenvalue weighted by Crippen LogP contribution is -2.19. The Kier molecular flexibility index (Phi) is 5.07. The van der Waals surface area contributed by atoms with Crippen LogP contribution in [-0.4, -0.2) is 16.3 Å². The second-order valence-electron chi connectivity index (χ2n) is 5.39. The third-order valence-corrected chi connectivity index (χ3v) is 4.68. The Morgan fingerprint density at radius 2 is 1.67 bits per heavy atom. The lowest BCUT2D eigenvalue weighted by molar-refractivity contribution is -0.136. The van der Waals surface area contributed by atoms with Crippen LogP contribution in [0.25, 0.3) is 0 Å². The zero-order valence-corrected chi connectivity index (χ0v) is 13.4. The molecule has 0 aliphatic heterocycles. The highest BCUT2D eigenvalue weighted by Crippen LogP contribution is 2.27. The van der Waals surface area contributed by atoms with Crippen molar-refractivity contribution in [2.45, 2.75) is 37.3 Å². The zero-order valence-electron chi connectivity index (χ0n) is 12.6. The Morgan fingerprint density at radius 3 is 2.29 bits per heavy atom. The molecule has 0 saturated heterocycles. The van der Waals surface area contributed by atoms with Crippen LogP contribution in [0.5, 0.6) is 0 Å². The van der Waals surface area contributed by atoms with Gasteiger partial charge in [-0.2, -0.15) is 0 Å². The molecule has 0 bridgehead atoms. The van der Waals surface area contributed by atoms with Gasteiger partial charge in [-0.1, -0.05) is 41.5 Å². The molecule has 0 saturated carbocycles. The van der Waals surface area contributed by atoms with E-state index in [0.29, 0.717) is 6.42 Å². The van der Waals surface area contributed by atoms with E-state index in [1.165, 1.54) is 22.9 Å². The molecule has 2 aromatic rings. The summed E-state index contributed by atoms with van der Waals surface area (Å²) in [5.74, 6) is -0.763. The van der Waals surface area contributed by atoms with Gasteiger partial charge in [0.15, 0.2) is 0 Å². The topological polar surface area (TPSA) is 37.3 Å². The fourth-order valence-electron chi connectivity index (χ4n) is 2.18. The van der Waals surface area contributed by atoms with Crippen molar-refractivity contribution >= 4 is 17.7 Å². The molecule has 110 valence electrons. The average molecular weight is 300 g/mol. The summed E-state index contributed by atoms with van der Waals surface area (Å²) in [6.45, 7) is 6.09. The number of carboxylic acids is 1. The predicted octanol–water partition coefficient (Wildman–Crippen LogP) is 4.40. The summed E-state index contributed by atoms with van der Waals surface area (Å²) in [5, 5.41) is 9.03. The summed E-state index contributed by atoms with van der Waals surface area (Å²) in [7, 11) is 0. The number of aliphatic carboxylic acids is 1. The van der Waals surface area contributed by atoms with E-state index >= 15 is 0 Å². The van der Waals surface area contributed by atoms with E-state index in [2.05, 4.69) is 18.2 Å². The molecule has 2 rings (SSSR count). The van der Waals surface area contributed by atoms with Gasteiger partial charge in [-0.3, -0.25) is 4.79 Å². The molecule has 0 amide bonds. The van der Waals surface area contributed by atoms with E-state index in [0.717, 1.165) is 16.0 Å². The second kappa shape index (κ2) is 6.81. The van der Waals surface area contributed by atoms with Crippen LogP contribution in [0, 0.1) is 20.8 Å². The SMILES string of the molecule is Cc1ccc(S[C@H](Cc2cc(C)ccc2C)C(=O)O)cc1. The van der Waals surface area contributed by atoms with E-state index in [9.17, 15) is 9.90 Å². The summed E-state index contributed by atoms with van der Waals surface area (Å²) in [6.07, 6.45) is 0.543. The number of rotatable bonds is 5. The van der Waals surface area contributed by atoms with E-state index in [-0.39, 0.29) is 0 Å². The minimum atomic E-state index is -0.763. The summed E-state index contributed by atoms with van der Waals surface area (Å²) >= 11 is 1.42.